The minimum atomic E-state index is 0.589. The van der Waals surface area contributed by atoms with Gasteiger partial charge in [-0.3, -0.25) is 4.90 Å². The molecule has 0 aromatic rings. The van der Waals surface area contributed by atoms with Crippen LogP contribution in [0.4, 0.5) is 0 Å². The van der Waals surface area contributed by atoms with E-state index in [-0.39, 0.29) is 0 Å². The first kappa shape index (κ1) is 19.2. The predicted molar refractivity (Wildman–Crippen MR) is 93.0 cm³/mol. The summed E-state index contributed by atoms with van der Waals surface area (Å²) in [5, 5.41) is 0. The van der Waals surface area contributed by atoms with E-state index < -0.39 is 0 Å². The molecule has 0 aromatic heterocycles. The number of hydrogen-bond acceptors (Lipinski definition) is 1. The molecule has 1 heteroatoms. The highest BCUT2D eigenvalue weighted by atomic mass is 15.1. The summed E-state index contributed by atoms with van der Waals surface area (Å²) < 4.78 is 0. The molecular weight excluding hydrogens is 242 g/mol. The molecule has 0 atom stereocenters. The summed E-state index contributed by atoms with van der Waals surface area (Å²) in [6, 6.07) is 0.589. The normalized spacial score (nSPS) is 12.8. The minimum Gasteiger partial charge on any atom is -0.296 e. The quantitative estimate of drug-likeness (QED) is 0.533. The van der Waals surface area contributed by atoms with Gasteiger partial charge in [-0.05, 0) is 45.1 Å². The van der Waals surface area contributed by atoms with Crippen molar-refractivity contribution in [3.63, 3.8) is 0 Å². The molecule has 0 saturated carbocycles. The fourth-order valence-electron chi connectivity index (χ4n) is 1.98. The van der Waals surface area contributed by atoms with Gasteiger partial charge in [-0.25, -0.2) is 0 Å². The van der Waals surface area contributed by atoms with E-state index in [1.54, 1.807) is 0 Å². The zero-order valence-electron chi connectivity index (χ0n) is 14.9. The Kier molecular flexibility index (Phi) is 9.58. The van der Waals surface area contributed by atoms with E-state index in [9.17, 15) is 0 Å². The summed E-state index contributed by atoms with van der Waals surface area (Å²) in [5.74, 6) is 1.32. The van der Waals surface area contributed by atoms with Crippen molar-refractivity contribution in [3.8, 4) is 0 Å². The van der Waals surface area contributed by atoms with Crippen molar-refractivity contribution in [2.45, 2.75) is 61.4 Å². The molecule has 0 N–H and O–H groups in total. The maximum atomic E-state index is 2.56. The van der Waals surface area contributed by atoms with Gasteiger partial charge in [-0.15, -0.1) is 0 Å². The third-order valence-corrected chi connectivity index (χ3v) is 3.25. The molecule has 0 aliphatic heterocycles. The van der Waals surface area contributed by atoms with Crippen LogP contribution in [0.15, 0.2) is 35.5 Å². The molecule has 0 aliphatic carbocycles. The summed E-state index contributed by atoms with van der Waals surface area (Å²) in [4.78, 5) is 2.56. The van der Waals surface area contributed by atoms with E-state index in [1.807, 2.05) is 0 Å². The molecule has 0 bridgehead atoms. The zero-order valence-corrected chi connectivity index (χ0v) is 14.9. The van der Waals surface area contributed by atoms with E-state index >= 15 is 0 Å². The second-order valence-corrected chi connectivity index (χ2v) is 6.93. The van der Waals surface area contributed by atoms with Crippen LogP contribution in [-0.2, 0) is 0 Å². The molecule has 0 unspecified atom stereocenters. The lowest BCUT2D eigenvalue weighted by Crippen LogP contribution is -2.35. The van der Waals surface area contributed by atoms with Gasteiger partial charge >= 0.3 is 0 Å². The van der Waals surface area contributed by atoms with Crippen LogP contribution in [0, 0.1) is 11.8 Å². The van der Waals surface area contributed by atoms with Crippen LogP contribution in [0.3, 0.4) is 0 Å². The molecule has 116 valence electrons. The molecule has 1 nitrogen and oxygen atoms in total. The highest BCUT2D eigenvalue weighted by molar-refractivity contribution is 5.27. The first-order chi connectivity index (χ1) is 9.23. The predicted octanol–water partition coefficient (Wildman–Crippen LogP) is 5.46. The lowest BCUT2D eigenvalue weighted by Gasteiger charge is -2.29. The topological polar surface area (TPSA) is 3.24 Å². The van der Waals surface area contributed by atoms with Gasteiger partial charge < -0.3 is 0 Å². The van der Waals surface area contributed by atoms with E-state index in [0.717, 1.165) is 13.1 Å². The molecule has 20 heavy (non-hydrogen) atoms. The average Bonchev–Trinajstić information content (AvgIpc) is 2.30. The van der Waals surface area contributed by atoms with Crippen molar-refractivity contribution in [1.29, 1.82) is 0 Å². The first-order valence-electron chi connectivity index (χ1n) is 7.99. The molecule has 0 aromatic carbocycles. The number of nitrogens with zero attached hydrogens (tertiary/aromatic N) is 1. The van der Waals surface area contributed by atoms with E-state index in [0.29, 0.717) is 17.9 Å². The Bertz CT molecular complexity index is 339. The molecule has 0 spiro atoms. The fourth-order valence-corrected chi connectivity index (χ4v) is 1.98. The highest BCUT2D eigenvalue weighted by Gasteiger charge is 2.12. The Balaban J connectivity index is 4.81. The number of rotatable bonds is 8. The Morgan fingerprint density at radius 1 is 0.950 bits per heavy atom. The number of allylic oxidation sites excluding steroid dienone is 4. The smallest absolute Gasteiger partial charge is 0.0235 e. The van der Waals surface area contributed by atoms with Gasteiger partial charge in [-0.1, -0.05) is 57.6 Å². The molecule has 0 amide bonds. The van der Waals surface area contributed by atoms with Gasteiger partial charge in [0.2, 0.25) is 0 Å². The largest absolute Gasteiger partial charge is 0.296 e. The summed E-state index contributed by atoms with van der Waals surface area (Å²) in [7, 11) is 0. The summed E-state index contributed by atoms with van der Waals surface area (Å²) in [6.07, 6.45) is 8.84. The Labute approximate surface area is 127 Å². The fraction of sp³-hybridized carbons (Fsp3) is 0.684. The first-order valence-corrected chi connectivity index (χ1v) is 7.99. The molecule has 0 heterocycles. The van der Waals surface area contributed by atoms with Gasteiger partial charge in [0, 0.05) is 19.1 Å². The molecule has 0 fully saturated rings. The maximum Gasteiger partial charge on any atom is 0.0235 e. The Hall–Kier alpha value is -0.820. The van der Waals surface area contributed by atoms with E-state index in [4.69, 9.17) is 0 Å². The van der Waals surface area contributed by atoms with Crippen molar-refractivity contribution in [1.82, 2.24) is 4.90 Å². The third-order valence-electron chi connectivity index (χ3n) is 3.25. The molecule has 0 rings (SSSR count). The lowest BCUT2D eigenvalue weighted by molar-refractivity contribution is 0.215. The van der Waals surface area contributed by atoms with Crippen LogP contribution < -0.4 is 0 Å². The molecule has 0 radical (unpaired) electrons. The van der Waals surface area contributed by atoms with Gasteiger partial charge in [0.15, 0.2) is 0 Å². The lowest BCUT2D eigenvalue weighted by atomic mass is 10.1. The summed E-state index contributed by atoms with van der Waals surface area (Å²) >= 11 is 0. The van der Waals surface area contributed by atoms with E-state index in [2.05, 4.69) is 84.6 Å². The van der Waals surface area contributed by atoms with Gasteiger partial charge in [0.05, 0.1) is 0 Å². The summed E-state index contributed by atoms with van der Waals surface area (Å²) in [5.41, 5.74) is 2.85. The standard InChI is InChI=1S/C19H35N/c1-15(2)11-9-10-12-19(17(5)6)14-20(18(7)8)13-16(3)4/h9-12,15-16,18H,13-14H2,1-8H3/b11-9-,12-10-. The van der Waals surface area contributed by atoms with Gasteiger partial charge in [0.25, 0.3) is 0 Å². The second kappa shape index (κ2) is 9.99. The van der Waals surface area contributed by atoms with Crippen molar-refractivity contribution in [2.24, 2.45) is 11.8 Å². The zero-order chi connectivity index (χ0) is 15.7. The van der Waals surface area contributed by atoms with Crippen LogP contribution in [0.1, 0.15) is 55.4 Å². The van der Waals surface area contributed by atoms with Crippen LogP contribution in [-0.4, -0.2) is 24.0 Å². The minimum absolute atomic E-state index is 0.589. The van der Waals surface area contributed by atoms with Crippen LogP contribution in [0.25, 0.3) is 0 Å². The van der Waals surface area contributed by atoms with Crippen LogP contribution >= 0.6 is 0 Å². The van der Waals surface area contributed by atoms with Crippen LogP contribution in [0.2, 0.25) is 0 Å². The Morgan fingerprint density at radius 2 is 1.55 bits per heavy atom. The van der Waals surface area contributed by atoms with Crippen molar-refractivity contribution in [2.75, 3.05) is 13.1 Å². The average molecular weight is 277 g/mol. The monoisotopic (exact) mass is 277 g/mol. The number of hydrogen-bond donors (Lipinski definition) is 0. The Morgan fingerprint density at radius 3 is 1.95 bits per heavy atom. The molecule has 0 saturated heterocycles. The van der Waals surface area contributed by atoms with Crippen molar-refractivity contribution in [3.05, 3.63) is 35.5 Å². The highest BCUT2D eigenvalue weighted by Crippen LogP contribution is 2.12. The van der Waals surface area contributed by atoms with Gasteiger partial charge in [-0.2, -0.15) is 0 Å². The molecule has 0 aliphatic rings. The molecular formula is C19H35N. The van der Waals surface area contributed by atoms with Gasteiger partial charge in [0.1, 0.15) is 0 Å². The van der Waals surface area contributed by atoms with E-state index in [1.165, 1.54) is 11.1 Å². The second-order valence-electron chi connectivity index (χ2n) is 6.93. The third kappa shape index (κ3) is 9.14. The van der Waals surface area contributed by atoms with Crippen molar-refractivity contribution < 1.29 is 0 Å². The van der Waals surface area contributed by atoms with Crippen LogP contribution in [0.5, 0.6) is 0 Å². The summed E-state index contributed by atoms with van der Waals surface area (Å²) in [6.45, 7) is 20.2. The van der Waals surface area contributed by atoms with Crippen molar-refractivity contribution >= 4 is 0 Å². The maximum absolute atomic E-state index is 2.56. The SMILES string of the molecule is CC(C)=C(/C=C\C=C/C(C)C)CN(CC(C)C)C(C)C.